The van der Waals surface area contributed by atoms with E-state index >= 15 is 0 Å². The molecule has 0 aromatic carbocycles. The lowest BCUT2D eigenvalue weighted by Crippen LogP contribution is -2.30. The highest BCUT2D eigenvalue weighted by Gasteiger charge is 2.08. The lowest BCUT2D eigenvalue weighted by atomic mass is 10.1. The summed E-state index contributed by atoms with van der Waals surface area (Å²) in [4.78, 5) is 11.5. The molecule has 0 radical (unpaired) electrons. The topological polar surface area (TPSA) is 77.0 Å². The number of aliphatic hydroxyl groups excluding tert-OH is 1. The van der Waals surface area contributed by atoms with Crippen molar-refractivity contribution >= 4 is 5.97 Å². The lowest BCUT2D eigenvalue weighted by molar-refractivity contribution is -0.144. The molecule has 132 valence electrons. The number of hydrogen-bond acceptors (Lipinski definition) is 6. The third-order valence-electron chi connectivity index (χ3n) is 3.32. The van der Waals surface area contributed by atoms with Crippen molar-refractivity contribution in [2.24, 2.45) is 5.92 Å². The fourth-order valence-electron chi connectivity index (χ4n) is 1.81. The van der Waals surface area contributed by atoms with Gasteiger partial charge in [-0.25, -0.2) is 0 Å². The highest BCUT2D eigenvalue weighted by Crippen LogP contribution is 2.05. The number of hydrogen-bond donors (Lipinski definition) is 2. The van der Waals surface area contributed by atoms with Crippen molar-refractivity contribution in [3.8, 4) is 0 Å². The van der Waals surface area contributed by atoms with E-state index in [1.54, 1.807) is 7.11 Å². The Hall–Kier alpha value is -0.690. The molecule has 0 aromatic heterocycles. The Labute approximate surface area is 134 Å². The van der Waals surface area contributed by atoms with Crippen LogP contribution in [0, 0.1) is 5.92 Å². The summed E-state index contributed by atoms with van der Waals surface area (Å²) in [5.74, 6) is 0.0931. The molecular weight excluding hydrogens is 286 g/mol. The van der Waals surface area contributed by atoms with Crippen molar-refractivity contribution in [3.05, 3.63) is 0 Å². The first-order valence-corrected chi connectivity index (χ1v) is 8.17. The molecular formula is C16H33NO5. The monoisotopic (exact) mass is 319 g/mol. The number of carbonyl (C=O) groups is 1. The average molecular weight is 319 g/mol. The molecule has 3 atom stereocenters. The van der Waals surface area contributed by atoms with Crippen LogP contribution in [0.15, 0.2) is 0 Å². The van der Waals surface area contributed by atoms with E-state index in [0.29, 0.717) is 38.7 Å². The Morgan fingerprint density at radius 3 is 2.59 bits per heavy atom. The number of carbonyl (C=O) groups excluding carboxylic acids is 1. The van der Waals surface area contributed by atoms with Crippen LogP contribution in [-0.2, 0) is 19.0 Å². The first-order valence-electron chi connectivity index (χ1n) is 8.17. The van der Waals surface area contributed by atoms with E-state index in [1.807, 2.05) is 20.8 Å². The molecule has 0 fully saturated rings. The molecule has 2 N–H and O–H groups in total. The molecule has 0 amide bonds. The quantitative estimate of drug-likeness (QED) is 0.375. The standard InChI is InChI=1S/C16H33NO5/c1-5-6-15(18)12-21-11-13(2)8-10-22-16(19)7-9-17-14(3)20-4/h13-15,17-18H,5-12H2,1-4H3. The van der Waals surface area contributed by atoms with Crippen molar-refractivity contribution in [1.29, 1.82) is 0 Å². The largest absolute Gasteiger partial charge is 0.466 e. The molecule has 0 aromatic rings. The summed E-state index contributed by atoms with van der Waals surface area (Å²) >= 11 is 0. The van der Waals surface area contributed by atoms with Crippen LogP contribution >= 0.6 is 0 Å². The number of methoxy groups -OCH3 is 1. The summed E-state index contributed by atoms with van der Waals surface area (Å²) in [7, 11) is 1.61. The molecule has 0 heterocycles. The molecule has 0 aliphatic rings. The maximum Gasteiger partial charge on any atom is 0.307 e. The van der Waals surface area contributed by atoms with Crippen molar-refractivity contribution in [2.75, 3.05) is 33.5 Å². The Morgan fingerprint density at radius 1 is 1.23 bits per heavy atom. The molecule has 0 aliphatic carbocycles. The third-order valence-corrected chi connectivity index (χ3v) is 3.32. The van der Waals surface area contributed by atoms with Crippen LogP contribution < -0.4 is 5.32 Å². The van der Waals surface area contributed by atoms with E-state index in [0.717, 1.165) is 19.3 Å². The fraction of sp³-hybridized carbons (Fsp3) is 0.938. The molecule has 0 aliphatic heterocycles. The minimum absolute atomic E-state index is 0.0620. The van der Waals surface area contributed by atoms with Gasteiger partial charge in [-0.1, -0.05) is 20.3 Å². The van der Waals surface area contributed by atoms with Crippen molar-refractivity contribution < 1.29 is 24.1 Å². The molecule has 0 rings (SSSR count). The molecule has 6 nitrogen and oxygen atoms in total. The normalized spacial score (nSPS) is 15.3. The maximum atomic E-state index is 11.5. The van der Waals surface area contributed by atoms with Crippen LogP contribution in [0.4, 0.5) is 0 Å². The minimum atomic E-state index is -0.378. The molecule has 0 spiro atoms. The van der Waals surface area contributed by atoms with Gasteiger partial charge in [-0.2, -0.15) is 0 Å². The third kappa shape index (κ3) is 13.0. The van der Waals surface area contributed by atoms with Gasteiger partial charge in [0.05, 0.1) is 25.7 Å². The average Bonchev–Trinajstić information content (AvgIpc) is 2.47. The summed E-state index contributed by atoms with van der Waals surface area (Å²) in [5, 5.41) is 12.6. The van der Waals surface area contributed by atoms with Gasteiger partial charge in [0.1, 0.15) is 6.23 Å². The number of ether oxygens (including phenoxy) is 3. The van der Waals surface area contributed by atoms with Crippen LogP contribution in [0.5, 0.6) is 0 Å². The fourth-order valence-corrected chi connectivity index (χ4v) is 1.81. The van der Waals surface area contributed by atoms with Crippen molar-refractivity contribution in [3.63, 3.8) is 0 Å². The van der Waals surface area contributed by atoms with Gasteiger partial charge in [-0.3, -0.25) is 10.1 Å². The van der Waals surface area contributed by atoms with Gasteiger partial charge in [-0.05, 0) is 25.7 Å². The summed E-state index contributed by atoms with van der Waals surface area (Å²) in [6.45, 7) is 7.85. The highest BCUT2D eigenvalue weighted by molar-refractivity contribution is 5.69. The van der Waals surface area contributed by atoms with Crippen LogP contribution in [0.25, 0.3) is 0 Å². The predicted octanol–water partition coefficient (Wildman–Crippen LogP) is 1.71. The van der Waals surface area contributed by atoms with E-state index in [2.05, 4.69) is 5.32 Å². The van der Waals surface area contributed by atoms with E-state index < -0.39 is 0 Å². The van der Waals surface area contributed by atoms with Crippen molar-refractivity contribution in [2.45, 2.75) is 58.8 Å². The van der Waals surface area contributed by atoms with Gasteiger partial charge in [0.15, 0.2) is 0 Å². The second-order valence-corrected chi connectivity index (χ2v) is 5.68. The van der Waals surface area contributed by atoms with Crippen LogP contribution in [0.3, 0.4) is 0 Å². The van der Waals surface area contributed by atoms with Crippen LogP contribution in [0.2, 0.25) is 0 Å². The zero-order valence-electron chi connectivity index (χ0n) is 14.5. The second kappa shape index (κ2) is 13.9. The molecule has 22 heavy (non-hydrogen) atoms. The van der Waals surface area contributed by atoms with E-state index in [4.69, 9.17) is 14.2 Å². The maximum absolute atomic E-state index is 11.5. The summed E-state index contributed by atoms with van der Waals surface area (Å²) < 4.78 is 15.6. The van der Waals surface area contributed by atoms with E-state index in [-0.39, 0.29) is 18.3 Å². The van der Waals surface area contributed by atoms with Gasteiger partial charge in [0.2, 0.25) is 0 Å². The zero-order chi connectivity index (χ0) is 16.8. The molecule has 0 bridgehead atoms. The summed E-state index contributed by atoms with van der Waals surface area (Å²) in [5.41, 5.74) is 0. The first-order chi connectivity index (χ1) is 10.5. The van der Waals surface area contributed by atoms with Crippen LogP contribution in [-0.4, -0.2) is 56.9 Å². The van der Waals surface area contributed by atoms with Crippen molar-refractivity contribution in [1.82, 2.24) is 5.32 Å². The molecule has 6 heteroatoms. The molecule has 0 saturated carbocycles. The SMILES string of the molecule is CCCC(O)COCC(C)CCOC(=O)CCNC(C)OC. The predicted molar refractivity (Wildman–Crippen MR) is 85.6 cm³/mol. The second-order valence-electron chi connectivity index (χ2n) is 5.68. The Kier molecular flexibility index (Phi) is 13.5. The number of rotatable bonds is 14. The van der Waals surface area contributed by atoms with Gasteiger partial charge in [0, 0.05) is 20.3 Å². The molecule has 3 unspecified atom stereocenters. The Bertz CT molecular complexity index is 275. The first kappa shape index (κ1) is 21.3. The zero-order valence-corrected chi connectivity index (χ0v) is 14.5. The van der Waals surface area contributed by atoms with Gasteiger partial charge in [0.25, 0.3) is 0 Å². The van der Waals surface area contributed by atoms with E-state index in [1.165, 1.54) is 0 Å². The minimum Gasteiger partial charge on any atom is -0.466 e. The van der Waals surface area contributed by atoms with Gasteiger partial charge >= 0.3 is 5.97 Å². The smallest absolute Gasteiger partial charge is 0.307 e. The van der Waals surface area contributed by atoms with Gasteiger partial charge < -0.3 is 19.3 Å². The summed E-state index contributed by atoms with van der Waals surface area (Å²) in [6, 6.07) is 0. The highest BCUT2D eigenvalue weighted by atomic mass is 16.5. The van der Waals surface area contributed by atoms with Crippen LogP contribution in [0.1, 0.15) is 46.5 Å². The number of aliphatic hydroxyl groups is 1. The van der Waals surface area contributed by atoms with Gasteiger partial charge in [-0.15, -0.1) is 0 Å². The summed E-state index contributed by atoms with van der Waals surface area (Å²) in [6.07, 6.45) is 2.37. The number of nitrogens with one attached hydrogen (secondary N) is 1. The van der Waals surface area contributed by atoms with E-state index in [9.17, 15) is 9.90 Å². The Morgan fingerprint density at radius 2 is 1.95 bits per heavy atom. The number of esters is 1. The Balaban J connectivity index is 3.50. The molecule has 0 saturated heterocycles. The lowest BCUT2D eigenvalue weighted by Gasteiger charge is -2.15.